The van der Waals surface area contributed by atoms with Gasteiger partial charge in [0.1, 0.15) is 11.4 Å². The summed E-state index contributed by atoms with van der Waals surface area (Å²) in [6.07, 6.45) is 3.16. The van der Waals surface area contributed by atoms with Crippen molar-refractivity contribution in [3.05, 3.63) is 41.0 Å². The Bertz CT molecular complexity index is 932. The lowest BCUT2D eigenvalue weighted by molar-refractivity contribution is 0.0698. The van der Waals surface area contributed by atoms with Gasteiger partial charge in [-0.25, -0.2) is 9.78 Å². The second-order valence-electron chi connectivity index (χ2n) is 5.62. The van der Waals surface area contributed by atoms with Gasteiger partial charge in [-0.2, -0.15) is 5.10 Å². The van der Waals surface area contributed by atoms with Crippen molar-refractivity contribution in [1.29, 1.82) is 0 Å². The number of nitrogens with two attached hydrogens (primary N) is 1. The predicted octanol–water partition coefficient (Wildman–Crippen LogP) is 2.47. The lowest BCUT2D eigenvalue weighted by atomic mass is 10.1. The second-order valence-corrected chi connectivity index (χ2v) is 5.62. The quantitative estimate of drug-likeness (QED) is 0.590. The Labute approximate surface area is 131 Å². The molecule has 4 rings (SSSR count). The third-order valence-electron chi connectivity index (χ3n) is 4.21. The van der Waals surface area contributed by atoms with E-state index in [2.05, 4.69) is 26.6 Å². The molecular formula is C16H15N5O2. The molecule has 1 aliphatic carbocycles. The number of nitrogen functional groups attached to an aromatic ring is 1. The molecule has 0 spiro atoms. The van der Waals surface area contributed by atoms with Gasteiger partial charge in [-0.1, -0.05) is 12.1 Å². The van der Waals surface area contributed by atoms with Gasteiger partial charge in [0.05, 0.1) is 5.39 Å². The van der Waals surface area contributed by atoms with E-state index in [9.17, 15) is 9.90 Å². The molecule has 0 unspecified atom stereocenters. The molecule has 7 heteroatoms. The number of benzene rings is 1. The smallest absolute Gasteiger partial charge is 0.339 e. The van der Waals surface area contributed by atoms with Gasteiger partial charge >= 0.3 is 5.97 Å². The molecule has 2 heterocycles. The number of H-pyrrole nitrogens is 1. The number of aromatic nitrogens is 3. The molecule has 0 radical (unpaired) electrons. The van der Waals surface area contributed by atoms with Gasteiger partial charge in [0, 0.05) is 5.69 Å². The fourth-order valence-corrected chi connectivity index (χ4v) is 3.09. The summed E-state index contributed by atoms with van der Waals surface area (Å²) in [4.78, 5) is 15.9. The van der Waals surface area contributed by atoms with Gasteiger partial charge in [0.2, 0.25) is 0 Å². The Kier molecular flexibility index (Phi) is 2.94. The van der Waals surface area contributed by atoms with Crippen LogP contribution in [0.5, 0.6) is 0 Å². The molecule has 2 aromatic heterocycles. The minimum Gasteiger partial charge on any atom is -0.478 e. The molecule has 116 valence electrons. The predicted molar refractivity (Wildman–Crippen MR) is 87.0 cm³/mol. The number of aromatic amines is 1. The number of carboxylic acids is 1. The maximum absolute atomic E-state index is 11.6. The third kappa shape index (κ3) is 2.17. The van der Waals surface area contributed by atoms with Crippen LogP contribution in [0.4, 0.5) is 17.3 Å². The van der Waals surface area contributed by atoms with Crippen molar-refractivity contribution in [3.8, 4) is 0 Å². The monoisotopic (exact) mass is 309 g/mol. The van der Waals surface area contributed by atoms with Crippen molar-refractivity contribution in [3.63, 3.8) is 0 Å². The standard InChI is InChI=1S/C16H15N5O2/c17-13-10-7-11(16(22)23)14(19-15(10)21-20-13)18-12-6-2-4-8-3-1-5-9(8)12/h2,4,6-7H,1,3,5H2,(H,22,23)(H4,17,18,19,20,21). The minimum atomic E-state index is -1.06. The van der Waals surface area contributed by atoms with Gasteiger partial charge in [0.15, 0.2) is 11.5 Å². The molecule has 7 nitrogen and oxygen atoms in total. The molecule has 0 amide bonds. The van der Waals surface area contributed by atoms with Crippen LogP contribution in [0.25, 0.3) is 11.0 Å². The Morgan fingerprint density at radius 1 is 1.35 bits per heavy atom. The molecule has 5 N–H and O–H groups in total. The molecule has 0 saturated carbocycles. The molecule has 0 bridgehead atoms. The average molecular weight is 309 g/mol. The van der Waals surface area contributed by atoms with Crippen LogP contribution in [-0.4, -0.2) is 26.3 Å². The fourth-order valence-electron chi connectivity index (χ4n) is 3.09. The summed E-state index contributed by atoms with van der Waals surface area (Å²) in [5.74, 6) is -0.536. The summed E-state index contributed by atoms with van der Waals surface area (Å²) < 4.78 is 0. The van der Waals surface area contributed by atoms with Crippen molar-refractivity contribution >= 4 is 34.3 Å². The molecule has 0 saturated heterocycles. The summed E-state index contributed by atoms with van der Waals surface area (Å²) in [6, 6.07) is 7.52. The highest BCUT2D eigenvalue weighted by atomic mass is 16.4. The van der Waals surface area contributed by atoms with Crippen molar-refractivity contribution in [2.75, 3.05) is 11.1 Å². The van der Waals surface area contributed by atoms with Crippen LogP contribution in [0.15, 0.2) is 24.3 Å². The number of aryl methyl sites for hydroxylation is 1. The van der Waals surface area contributed by atoms with Gasteiger partial charge in [-0.15, -0.1) is 0 Å². The first-order valence-corrected chi connectivity index (χ1v) is 7.39. The summed E-state index contributed by atoms with van der Waals surface area (Å²) in [5, 5.41) is 19.7. The van der Waals surface area contributed by atoms with Gasteiger partial charge < -0.3 is 16.2 Å². The zero-order valence-electron chi connectivity index (χ0n) is 12.3. The maximum Gasteiger partial charge on any atom is 0.339 e. The highest BCUT2D eigenvalue weighted by Crippen LogP contribution is 2.32. The first kappa shape index (κ1) is 13.6. The number of nitrogens with zero attached hydrogens (tertiary/aromatic N) is 2. The number of nitrogens with one attached hydrogen (secondary N) is 2. The van der Waals surface area contributed by atoms with E-state index >= 15 is 0 Å². The Morgan fingerprint density at radius 2 is 2.22 bits per heavy atom. The van der Waals surface area contributed by atoms with E-state index in [1.807, 2.05) is 12.1 Å². The van der Waals surface area contributed by atoms with Crippen molar-refractivity contribution in [2.45, 2.75) is 19.3 Å². The average Bonchev–Trinajstić information content (AvgIpc) is 3.14. The Hall–Kier alpha value is -3.09. The van der Waals surface area contributed by atoms with Gasteiger partial charge in [-0.3, -0.25) is 5.10 Å². The van der Waals surface area contributed by atoms with Crippen LogP contribution < -0.4 is 11.1 Å². The van der Waals surface area contributed by atoms with Crippen LogP contribution in [0.3, 0.4) is 0 Å². The number of hydrogen-bond acceptors (Lipinski definition) is 5. The number of rotatable bonds is 3. The Balaban J connectivity index is 1.84. The van der Waals surface area contributed by atoms with E-state index in [0.29, 0.717) is 11.0 Å². The topological polar surface area (TPSA) is 117 Å². The van der Waals surface area contributed by atoms with E-state index in [0.717, 1.165) is 24.9 Å². The van der Waals surface area contributed by atoms with Crippen molar-refractivity contribution in [2.24, 2.45) is 0 Å². The first-order valence-electron chi connectivity index (χ1n) is 7.39. The highest BCUT2D eigenvalue weighted by molar-refractivity contribution is 6.00. The normalized spacial score (nSPS) is 13.2. The van der Waals surface area contributed by atoms with Crippen molar-refractivity contribution < 1.29 is 9.90 Å². The number of carboxylic acid groups (broad SMARTS) is 1. The first-order chi connectivity index (χ1) is 11.1. The molecular weight excluding hydrogens is 294 g/mol. The van der Waals surface area contributed by atoms with Gasteiger partial charge in [-0.05, 0) is 42.5 Å². The molecule has 23 heavy (non-hydrogen) atoms. The van der Waals surface area contributed by atoms with Crippen molar-refractivity contribution in [1.82, 2.24) is 15.2 Å². The maximum atomic E-state index is 11.6. The molecule has 0 aliphatic heterocycles. The Morgan fingerprint density at radius 3 is 3.04 bits per heavy atom. The van der Waals surface area contributed by atoms with Gasteiger partial charge in [0.25, 0.3) is 0 Å². The van der Waals surface area contributed by atoms with Crippen LogP contribution >= 0.6 is 0 Å². The lowest BCUT2D eigenvalue weighted by Crippen LogP contribution is -2.06. The molecule has 0 fully saturated rings. The largest absolute Gasteiger partial charge is 0.478 e. The number of anilines is 3. The van der Waals surface area contributed by atoms with Crippen LogP contribution in [-0.2, 0) is 12.8 Å². The second kappa shape index (κ2) is 4.98. The minimum absolute atomic E-state index is 0.0706. The third-order valence-corrected chi connectivity index (χ3v) is 4.21. The summed E-state index contributed by atoms with van der Waals surface area (Å²) in [7, 11) is 0. The number of pyridine rings is 1. The van der Waals surface area contributed by atoms with E-state index in [-0.39, 0.29) is 17.2 Å². The van der Waals surface area contributed by atoms with E-state index in [4.69, 9.17) is 5.73 Å². The summed E-state index contributed by atoms with van der Waals surface area (Å²) in [6.45, 7) is 0. The number of carbonyl (C=O) groups is 1. The van der Waals surface area contributed by atoms with Crippen LogP contribution in [0.2, 0.25) is 0 Å². The lowest BCUT2D eigenvalue weighted by Gasteiger charge is -2.12. The molecule has 1 aliphatic rings. The summed E-state index contributed by atoms with van der Waals surface area (Å²) in [5.41, 5.74) is 9.70. The van der Waals surface area contributed by atoms with E-state index in [1.54, 1.807) is 0 Å². The molecule has 1 aromatic carbocycles. The molecule has 0 atom stereocenters. The highest BCUT2D eigenvalue weighted by Gasteiger charge is 2.19. The fraction of sp³-hybridized carbons (Fsp3) is 0.188. The van der Waals surface area contributed by atoms with E-state index < -0.39 is 5.97 Å². The summed E-state index contributed by atoms with van der Waals surface area (Å²) >= 11 is 0. The molecule has 3 aromatic rings. The zero-order valence-corrected chi connectivity index (χ0v) is 12.3. The number of fused-ring (bicyclic) bond motifs is 2. The van der Waals surface area contributed by atoms with E-state index in [1.165, 1.54) is 17.2 Å². The SMILES string of the molecule is Nc1n[nH]c2nc(Nc3cccc4c3CCC4)c(C(=O)O)cc12. The van der Waals surface area contributed by atoms with Crippen LogP contribution in [0.1, 0.15) is 27.9 Å². The number of aromatic carboxylic acids is 1. The number of hydrogen-bond donors (Lipinski definition) is 4. The van der Waals surface area contributed by atoms with Crippen LogP contribution in [0, 0.1) is 0 Å². The zero-order chi connectivity index (χ0) is 16.0.